The molecule has 2 aromatic rings. The van der Waals surface area contributed by atoms with Crippen LogP contribution < -0.4 is 10.1 Å². The van der Waals surface area contributed by atoms with Gasteiger partial charge in [0.2, 0.25) is 5.91 Å². The molecule has 2 atom stereocenters. The summed E-state index contributed by atoms with van der Waals surface area (Å²) in [7, 11) is 2.07. The van der Waals surface area contributed by atoms with Crippen LogP contribution in [0.4, 0.5) is 13.2 Å². The quantitative estimate of drug-likeness (QED) is 0.635. The Labute approximate surface area is 204 Å². The molecular formula is C23H28Cl2F3N3O2. The van der Waals surface area contributed by atoms with Crippen LogP contribution in [0.1, 0.15) is 17.9 Å². The summed E-state index contributed by atoms with van der Waals surface area (Å²) in [6.45, 7) is 3.78. The molecule has 2 unspecified atom stereocenters. The van der Waals surface area contributed by atoms with Gasteiger partial charge in [-0.15, -0.1) is 38.0 Å². The normalized spacial score (nSPS) is 20.4. The third-order valence-corrected chi connectivity index (χ3v) is 5.92. The zero-order valence-electron chi connectivity index (χ0n) is 18.2. The van der Waals surface area contributed by atoms with Crippen LogP contribution in [0, 0.1) is 0 Å². The van der Waals surface area contributed by atoms with Crippen LogP contribution in [-0.4, -0.2) is 67.9 Å². The van der Waals surface area contributed by atoms with E-state index in [4.69, 9.17) is 0 Å². The molecule has 0 bridgehead atoms. The fourth-order valence-corrected chi connectivity index (χ4v) is 3.95. The Morgan fingerprint density at radius 3 is 2.06 bits per heavy atom. The number of nitrogens with one attached hydrogen (secondary N) is 1. The molecule has 0 aromatic heterocycles. The van der Waals surface area contributed by atoms with Crippen LogP contribution >= 0.6 is 24.8 Å². The maximum Gasteiger partial charge on any atom is 0.573 e. The highest BCUT2D eigenvalue weighted by Gasteiger charge is 2.38. The number of nitrogens with zero attached hydrogens (tertiary/aromatic N) is 2. The molecule has 1 aliphatic heterocycles. The van der Waals surface area contributed by atoms with Crippen LogP contribution in [0.5, 0.6) is 5.75 Å². The van der Waals surface area contributed by atoms with E-state index in [1.54, 1.807) is 12.1 Å². The molecule has 1 amide bonds. The Hall–Kier alpha value is -2.00. The van der Waals surface area contributed by atoms with Gasteiger partial charge in [-0.1, -0.05) is 36.4 Å². The van der Waals surface area contributed by atoms with E-state index in [1.165, 1.54) is 17.7 Å². The highest BCUT2D eigenvalue weighted by atomic mass is 35.5. The molecule has 4 rings (SSSR count). The molecule has 1 N–H and O–H groups in total. The number of hydrogen-bond acceptors (Lipinski definition) is 4. The maximum atomic E-state index is 12.4. The lowest BCUT2D eigenvalue weighted by Crippen LogP contribution is -2.49. The van der Waals surface area contributed by atoms with E-state index in [2.05, 4.69) is 22.0 Å². The highest BCUT2D eigenvalue weighted by molar-refractivity contribution is 5.85. The van der Waals surface area contributed by atoms with Crippen molar-refractivity contribution in [2.24, 2.45) is 0 Å². The average molecular weight is 506 g/mol. The van der Waals surface area contributed by atoms with Gasteiger partial charge in [0.1, 0.15) is 5.75 Å². The van der Waals surface area contributed by atoms with E-state index >= 15 is 0 Å². The third kappa shape index (κ3) is 7.50. The Morgan fingerprint density at radius 2 is 1.52 bits per heavy atom. The van der Waals surface area contributed by atoms with Gasteiger partial charge in [-0.25, -0.2) is 0 Å². The van der Waals surface area contributed by atoms with Crippen molar-refractivity contribution in [1.29, 1.82) is 0 Å². The maximum absolute atomic E-state index is 12.4. The number of amides is 1. The van der Waals surface area contributed by atoms with Gasteiger partial charge in [-0.3, -0.25) is 4.79 Å². The zero-order chi connectivity index (χ0) is 22.0. The molecule has 0 radical (unpaired) electrons. The summed E-state index contributed by atoms with van der Waals surface area (Å²) in [5, 5.41) is 3.37. The first kappa shape index (κ1) is 27.2. The summed E-state index contributed by atoms with van der Waals surface area (Å²) in [5.41, 5.74) is 2.95. The van der Waals surface area contributed by atoms with Gasteiger partial charge in [-0.2, -0.15) is 0 Å². The number of piperazine rings is 1. The monoisotopic (exact) mass is 505 g/mol. The molecule has 182 valence electrons. The Morgan fingerprint density at radius 1 is 0.970 bits per heavy atom. The molecule has 2 aromatic carbocycles. The number of hydrogen-bond donors (Lipinski definition) is 1. The lowest BCUT2D eigenvalue weighted by molar-refractivity contribution is -0.274. The Bertz CT molecular complexity index is 903. The number of likely N-dealkylation sites (N-methyl/N-ethyl adjacent to an activating group) is 1. The standard InChI is InChI=1S/C23H26F3N3O2.2ClH/c1-28-10-12-29(13-11-28)22(30)15-27-21-14-20(21)18-4-2-16(3-5-18)17-6-8-19(9-7-17)31-23(24,25)26;;/h2-9,20-21,27H,10-15H2,1H3;2*1H. The zero-order valence-corrected chi connectivity index (χ0v) is 19.8. The predicted molar refractivity (Wildman–Crippen MR) is 126 cm³/mol. The van der Waals surface area contributed by atoms with Gasteiger partial charge < -0.3 is 19.9 Å². The molecule has 33 heavy (non-hydrogen) atoms. The summed E-state index contributed by atoms with van der Waals surface area (Å²) in [6.07, 6.45) is -3.69. The van der Waals surface area contributed by atoms with Gasteiger partial charge in [0.25, 0.3) is 0 Å². The van der Waals surface area contributed by atoms with Crippen molar-refractivity contribution < 1.29 is 22.7 Å². The van der Waals surface area contributed by atoms with Gasteiger partial charge >= 0.3 is 6.36 Å². The van der Waals surface area contributed by atoms with Crippen molar-refractivity contribution in [2.75, 3.05) is 39.8 Å². The molecule has 1 saturated heterocycles. The molecule has 10 heteroatoms. The van der Waals surface area contributed by atoms with Crippen LogP contribution in [0.25, 0.3) is 11.1 Å². The van der Waals surface area contributed by atoms with Crippen molar-refractivity contribution in [3.8, 4) is 16.9 Å². The smallest absolute Gasteiger partial charge is 0.406 e. The number of carbonyl (C=O) groups excluding carboxylic acids is 1. The van der Waals surface area contributed by atoms with Crippen molar-refractivity contribution in [3.63, 3.8) is 0 Å². The van der Waals surface area contributed by atoms with Crippen LogP contribution in [0.15, 0.2) is 48.5 Å². The Kier molecular flexibility index (Phi) is 9.43. The van der Waals surface area contributed by atoms with E-state index in [0.29, 0.717) is 18.5 Å². The molecule has 1 aliphatic carbocycles. The number of rotatable bonds is 6. The van der Waals surface area contributed by atoms with Crippen molar-refractivity contribution in [1.82, 2.24) is 15.1 Å². The first-order chi connectivity index (χ1) is 14.8. The summed E-state index contributed by atoms with van der Waals surface area (Å²) in [6, 6.07) is 14.2. The topological polar surface area (TPSA) is 44.8 Å². The van der Waals surface area contributed by atoms with Crippen molar-refractivity contribution in [3.05, 3.63) is 54.1 Å². The lowest BCUT2D eigenvalue weighted by atomic mass is 10.0. The SMILES string of the molecule is CN1CCN(C(=O)CNC2CC2c2ccc(-c3ccc(OC(F)(F)F)cc3)cc2)CC1.Cl.Cl. The van der Waals surface area contributed by atoms with E-state index in [9.17, 15) is 18.0 Å². The second-order valence-electron chi connectivity index (χ2n) is 8.21. The van der Waals surface area contributed by atoms with Gasteiger partial charge in [0, 0.05) is 38.1 Å². The fraction of sp³-hybridized carbons (Fsp3) is 0.435. The summed E-state index contributed by atoms with van der Waals surface area (Å²) < 4.78 is 40.8. The van der Waals surface area contributed by atoms with Crippen molar-refractivity contribution >= 4 is 30.7 Å². The van der Waals surface area contributed by atoms with E-state index < -0.39 is 6.36 Å². The number of alkyl halides is 3. The number of carbonyl (C=O) groups is 1. The first-order valence-corrected chi connectivity index (χ1v) is 10.4. The minimum atomic E-state index is -4.69. The van der Waals surface area contributed by atoms with Gasteiger partial charge in [0.05, 0.1) is 6.54 Å². The molecule has 0 spiro atoms. The summed E-state index contributed by atoms with van der Waals surface area (Å²) in [4.78, 5) is 16.5. The molecule has 2 fully saturated rings. The minimum absolute atomic E-state index is 0. The second-order valence-corrected chi connectivity index (χ2v) is 8.21. The van der Waals surface area contributed by atoms with Crippen LogP contribution in [-0.2, 0) is 4.79 Å². The molecular weight excluding hydrogens is 478 g/mol. The number of halogens is 5. The lowest BCUT2D eigenvalue weighted by Gasteiger charge is -2.32. The molecule has 1 saturated carbocycles. The van der Waals surface area contributed by atoms with Crippen LogP contribution in [0.3, 0.4) is 0 Å². The molecule has 5 nitrogen and oxygen atoms in total. The third-order valence-electron chi connectivity index (χ3n) is 5.92. The van der Waals surface area contributed by atoms with E-state index in [1.807, 2.05) is 29.2 Å². The average Bonchev–Trinajstić information content (AvgIpc) is 3.52. The number of ether oxygens (including phenoxy) is 1. The Balaban J connectivity index is 0.00000193. The first-order valence-electron chi connectivity index (χ1n) is 10.4. The van der Waals surface area contributed by atoms with Crippen molar-refractivity contribution in [2.45, 2.75) is 24.7 Å². The van der Waals surface area contributed by atoms with E-state index in [0.717, 1.165) is 43.7 Å². The van der Waals surface area contributed by atoms with Crippen LogP contribution in [0.2, 0.25) is 0 Å². The molecule has 1 heterocycles. The largest absolute Gasteiger partial charge is 0.573 e. The minimum Gasteiger partial charge on any atom is -0.406 e. The highest BCUT2D eigenvalue weighted by Crippen LogP contribution is 2.41. The summed E-state index contributed by atoms with van der Waals surface area (Å²) in [5.74, 6) is 0.315. The summed E-state index contributed by atoms with van der Waals surface area (Å²) >= 11 is 0. The predicted octanol–water partition coefficient (Wildman–Crippen LogP) is 4.32. The van der Waals surface area contributed by atoms with Gasteiger partial charge in [0.15, 0.2) is 0 Å². The van der Waals surface area contributed by atoms with Gasteiger partial charge in [-0.05, 0) is 42.3 Å². The fourth-order valence-electron chi connectivity index (χ4n) is 3.95. The number of benzene rings is 2. The second kappa shape index (κ2) is 11.4. The van der Waals surface area contributed by atoms with E-state index in [-0.39, 0.29) is 36.5 Å². The molecule has 2 aliphatic rings.